The highest BCUT2D eigenvalue weighted by Crippen LogP contribution is 2.35. The molecule has 0 spiro atoms. The van der Waals surface area contributed by atoms with Crippen LogP contribution in [0.25, 0.3) is 11.1 Å². The number of aromatic nitrogens is 3. The maximum atomic E-state index is 11.3. The number of nitrogens with one attached hydrogen (secondary N) is 1. The highest BCUT2D eigenvalue weighted by Gasteiger charge is 2.18. The van der Waals surface area contributed by atoms with Crippen LogP contribution >= 0.6 is 34.7 Å². The molecule has 0 unspecified atom stereocenters. The van der Waals surface area contributed by atoms with Gasteiger partial charge in [0.25, 0.3) is 0 Å². The van der Waals surface area contributed by atoms with E-state index in [9.17, 15) is 9.90 Å². The van der Waals surface area contributed by atoms with Crippen LogP contribution in [0.5, 0.6) is 11.6 Å². The minimum absolute atomic E-state index is 0.0670. The Balaban J connectivity index is 1.42. The Labute approximate surface area is 210 Å². The molecule has 0 atom stereocenters. The summed E-state index contributed by atoms with van der Waals surface area (Å²) in [5.41, 5.74) is 2.72. The van der Waals surface area contributed by atoms with Crippen LogP contribution in [-0.2, 0) is 6.42 Å². The maximum Gasteiger partial charge on any atom is 0.307 e. The zero-order valence-corrected chi connectivity index (χ0v) is 21.0. The van der Waals surface area contributed by atoms with Crippen molar-refractivity contribution in [2.75, 3.05) is 31.4 Å². The fourth-order valence-electron chi connectivity index (χ4n) is 3.39. The second-order valence-corrected chi connectivity index (χ2v) is 9.64. The maximum absolute atomic E-state index is 11.3. The highest BCUT2D eigenvalue weighted by molar-refractivity contribution is 7.98. The van der Waals surface area contributed by atoms with Crippen molar-refractivity contribution in [3.63, 3.8) is 0 Å². The van der Waals surface area contributed by atoms with Crippen LogP contribution in [0.2, 0.25) is 5.15 Å². The second kappa shape index (κ2) is 10.9. The first kappa shape index (κ1) is 24.1. The summed E-state index contributed by atoms with van der Waals surface area (Å²) < 4.78 is 5.94. The third-order valence-corrected chi connectivity index (χ3v) is 6.81. The van der Waals surface area contributed by atoms with Gasteiger partial charge in [0.05, 0.1) is 17.0 Å². The number of halogens is 1. The Morgan fingerprint density at radius 2 is 1.88 bits per heavy atom. The van der Waals surface area contributed by atoms with Gasteiger partial charge in [-0.05, 0) is 29.5 Å². The number of anilines is 1. The molecule has 2 aromatic carbocycles. The monoisotopic (exact) mass is 514 g/mol. The number of rotatable bonds is 9. The van der Waals surface area contributed by atoms with E-state index >= 15 is 0 Å². The lowest BCUT2D eigenvalue weighted by Gasteiger charge is -2.22. The van der Waals surface area contributed by atoms with E-state index in [2.05, 4.69) is 9.97 Å². The summed E-state index contributed by atoms with van der Waals surface area (Å²) in [6.45, 7) is 1.04. The zero-order chi connectivity index (χ0) is 24.1. The summed E-state index contributed by atoms with van der Waals surface area (Å²) in [7, 11) is 1.95. The molecule has 0 radical (unpaired) electrons. The van der Waals surface area contributed by atoms with Crippen molar-refractivity contribution in [2.24, 2.45) is 0 Å². The Bertz CT molecular complexity index is 1310. The van der Waals surface area contributed by atoms with Gasteiger partial charge in [-0.3, -0.25) is 9.78 Å². The topological polar surface area (TPSA) is 91.3 Å². The molecule has 34 heavy (non-hydrogen) atoms. The largest absolute Gasteiger partial charge is 0.494 e. The fourth-order valence-corrected chi connectivity index (χ4v) is 4.83. The first-order chi connectivity index (χ1) is 16.4. The Hall–Kier alpha value is -3.01. The predicted octanol–water partition coefficient (Wildman–Crippen LogP) is 5.08. The number of H-pyrrole nitrogens is 1. The Morgan fingerprint density at radius 1 is 1.15 bits per heavy atom. The summed E-state index contributed by atoms with van der Waals surface area (Å²) in [5, 5.41) is 10.8. The van der Waals surface area contributed by atoms with Crippen molar-refractivity contribution in [2.45, 2.75) is 11.6 Å². The van der Waals surface area contributed by atoms with E-state index < -0.39 is 0 Å². The van der Waals surface area contributed by atoms with Crippen LogP contribution in [0.3, 0.4) is 0 Å². The van der Waals surface area contributed by atoms with Gasteiger partial charge in [0.1, 0.15) is 23.3 Å². The molecular weight excluding hydrogens is 492 g/mol. The summed E-state index contributed by atoms with van der Waals surface area (Å²) >= 11 is 9.01. The molecule has 0 saturated carbocycles. The number of benzene rings is 2. The minimum Gasteiger partial charge on any atom is -0.494 e. The van der Waals surface area contributed by atoms with Crippen molar-refractivity contribution in [3.8, 4) is 22.8 Å². The van der Waals surface area contributed by atoms with Crippen LogP contribution < -0.4 is 14.5 Å². The van der Waals surface area contributed by atoms with Gasteiger partial charge in [0, 0.05) is 13.5 Å². The van der Waals surface area contributed by atoms with Gasteiger partial charge < -0.3 is 14.7 Å². The molecule has 2 N–H and O–H groups in total. The molecule has 0 aliphatic heterocycles. The number of likely N-dealkylation sites (N-methyl/N-ethyl adjacent to an activating group) is 1. The van der Waals surface area contributed by atoms with Crippen molar-refractivity contribution in [3.05, 3.63) is 79.9 Å². The normalized spacial score (nSPS) is 10.9. The van der Waals surface area contributed by atoms with Crippen molar-refractivity contribution in [1.82, 2.24) is 15.0 Å². The van der Waals surface area contributed by atoms with E-state index in [0.29, 0.717) is 34.8 Å². The van der Waals surface area contributed by atoms with Crippen LogP contribution in [0, 0.1) is 0 Å². The van der Waals surface area contributed by atoms with Gasteiger partial charge in [0.2, 0.25) is 5.88 Å². The Kier molecular flexibility index (Phi) is 7.77. The molecule has 0 bridgehead atoms. The first-order valence-electron chi connectivity index (χ1n) is 10.5. The molecule has 176 valence electrons. The SMILES string of the molecule is CSc1nc(Cl)c(-c2ccccc2)c(N(C)CCOc2ccc(Cc3sc(=O)[nH]c3O)cc2)n1. The van der Waals surface area contributed by atoms with Gasteiger partial charge >= 0.3 is 4.87 Å². The third-order valence-electron chi connectivity index (χ3n) is 5.12. The van der Waals surface area contributed by atoms with E-state index in [-0.39, 0.29) is 10.8 Å². The van der Waals surface area contributed by atoms with Crippen LogP contribution in [-0.4, -0.2) is 46.5 Å². The lowest BCUT2D eigenvalue weighted by molar-refractivity contribution is 0.325. The Morgan fingerprint density at radius 3 is 2.53 bits per heavy atom. The molecule has 0 fully saturated rings. The smallest absolute Gasteiger partial charge is 0.307 e. The molecule has 7 nitrogen and oxygen atoms in total. The van der Waals surface area contributed by atoms with Gasteiger partial charge in [-0.2, -0.15) is 0 Å². The number of hydrogen-bond donors (Lipinski definition) is 2. The quantitative estimate of drug-likeness (QED) is 0.183. The summed E-state index contributed by atoms with van der Waals surface area (Å²) in [6, 6.07) is 17.5. The van der Waals surface area contributed by atoms with E-state index in [4.69, 9.17) is 21.3 Å². The minimum atomic E-state index is -0.262. The van der Waals surface area contributed by atoms with Gasteiger partial charge in [0.15, 0.2) is 5.16 Å². The van der Waals surface area contributed by atoms with E-state index in [1.165, 1.54) is 11.8 Å². The highest BCUT2D eigenvalue weighted by atomic mass is 35.5. The molecular formula is C24H23ClN4O3S2. The number of thiazole rings is 1. The standard InChI is InChI=1S/C24H23ClN4O3S2/c1-29(21-19(16-6-4-3-5-7-16)20(25)26-23(27-21)33-2)12-13-32-17-10-8-15(9-11-17)14-18-22(30)28-24(31)34-18/h3-11,30H,12-14H2,1-2H3,(H,28,31). The number of nitrogens with zero attached hydrogens (tertiary/aromatic N) is 3. The number of thioether (sulfide) groups is 1. The van der Waals surface area contributed by atoms with Crippen molar-refractivity contribution < 1.29 is 9.84 Å². The van der Waals surface area contributed by atoms with Crippen LogP contribution in [0.15, 0.2) is 64.5 Å². The van der Waals surface area contributed by atoms with Gasteiger partial charge in [-0.25, -0.2) is 9.97 Å². The number of aromatic hydroxyl groups is 1. The molecule has 0 aliphatic carbocycles. The second-order valence-electron chi connectivity index (χ2n) is 7.44. The average molecular weight is 515 g/mol. The number of hydrogen-bond acceptors (Lipinski definition) is 8. The molecule has 2 aromatic heterocycles. The van der Waals surface area contributed by atoms with Gasteiger partial charge in [-0.1, -0.05) is 77.2 Å². The first-order valence-corrected chi connectivity index (χ1v) is 12.9. The molecule has 10 heteroatoms. The van der Waals surface area contributed by atoms with E-state index in [0.717, 1.165) is 39.6 Å². The van der Waals surface area contributed by atoms with Gasteiger partial charge in [-0.15, -0.1) is 0 Å². The summed E-state index contributed by atoms with van der Waals surface area (Å²) in [6.07, 6.45) is 2.40. The van der Waals surface area contributed by atoms with E-state index in [1.807, 2.05) is 72.8 Å². The zero-order valence-electron chi connectivity index (χ0n) is 18.6. The molecule has 4 aromatic rings. The predicted molar refractivity (Wildman–Crippen MR) is 139 cm³/mol. The third kappa shape index (κ3) is 5.72. The molecule has 0 amide bonds. The number of ether oxygens (including phenoxy) is 1. The van der Waals surface area contributed by atoms with Crippen molar-refractivity contribution in [1.29, 1.82) is 0 Å². The lowest BCUT2D eigenvalue weighted by Crippen LogP contribution is -2.25. The van der Waals surface area contributed by atoms with Crippen molar-refractivity contribution >= 4 is 40.5 Å². The fraction of sp³-hybridized carbons (Fsp3) is 0.208. The number of aromatic amines is 1. The summed E-state index contributed by atoms with van der Waals surface area (Å²) in [4.78, 5) is 25.2. The molecule has 4 rings (SSSR count). The van der Waals surface area contributed by atoms with Crippen LogP contribution in [0.1, 0.15) is 10.4 Å². The molecule has 2 heterocycles. The van der Waals surface area contributed by atoms with Crippen LogP contribution in [0.4, 0.5) is 5.82 Å². The van der Waals surface area contributed by atoms with E-state index in [1.54, 1.807) is 0 Å². The summed E-state index contributed by atoms with van der Waals surface area (Å²) in [5.74, 6) is 1.42. The molecule has 0 aliphatic rings. The lowest BCUT2D eigenvalue weighted by atomic mass is 10.1. The average Bonchev–Trinajstić information content (AvgIpc) is 3.16. The molecule has 0 saturated heterocycles.